The summed E-state index contributed by atoms with van der Waals surface area (Å²) in [6.07, 6.45) is 1.92. The third-order valence-electron chi connectivity index (χ3n) is 12.5. The lowest BCUT2D eigenvalue weighted by atomic mass is 9.82. The Bertz CT molecular complexity index is 2840. The molecule has 1 aromatic heterocycles. The molecule has 3 heteroatoms. The Kier molecular flexibility index (Phi) is 8.98. The Labute approximate surface area is 345 Å². The minimum atomic E-state index is -0.00991. The van der Waals surface area contributed by atoms with Crippen LogP contribution in [0, 0.1) is 13.8 Å². The van der Waals surface area contributed by atoms with Crippen LogP contribution in [0.15, 0.2) is 169 Å². The van der Waals surface area contributed by atoms with Gasteiger partial charge in [-0.2, -0.15) is 0 Å². The van der Waals surface area contributed by atoms with Crippen LogP contribution in [0.5, 0.6) is 0 Å². The van der Waals surface area contributed by atoms with Crippen molar-refractivity contribution in [3.63, 3.8) is 0 Å². The normalized spacial score (nSPS) is 13.9. The Morgan fingerprint density at radius 3 is 1.68 bits per heavy atom. The fourth-order valence-electron chi connectivity index (χ4n) is 9.33. The van der Waals surface area contributed by atoms with E-state index in [-0.39, 0.29) is 10.8 Å². The number of nitrogens with zero attached hydrogens (tertiary/aromatic N) is 2. The molecule has 0 amide bonds. The van der Waals surface area contributed by atoms with Crippen LogP contribution in [0.25, 0.3) is 44.9 Å². The largest absolute Gasteiger partial charge is 0.314 e. The van der Waals surface area contributed by atoms with Crippen LogP contribution in [0.2, 0.25) is 0 Å². The van der Waals surface area contributed by atoms with Crippen LogP contribution in [0.3, 0.4) is 0 Å². The molecule has 8 aromatic rings. The molecule has 1 heterocycles. The van der Waals surface area contributed by atoms with E-state index in [9.17, 15) is 0 Å². The second-order valence-electron chi connectivity index (χ2n) is 16.5. The standard InChI is InChI=1S/C27H22BrN.C27H25N/c1-27(2)25-11-7-6-10-23(25)24-17-16-22(18-26(24)27)29(20-8-4-3-5-9-20)21-14-12-19(28)13-15-21;1-6-19-11-13-21-17(2)18(3)28(26(21)15-19)20-12-14-23-22-9-7-8-10-24(22)27(4,5)25(23)16-20/h3-18H,1-2H3;6-16H,1H2,2-5H3. The minimum Gasteiger partial charge on any atom is -0.314 e. The Balaban J connectivity index is 0.000000148. The van der Waals surface area contributed by atoms with E-state index in [0.717, 1.165) is 21.4 Å². The van der Waals surface area contributed by atoms with E-state index in [4.69, 9.17) is 0 Å². The summed E-state index contributed by atoms with van der Waals surface area (Å²) in [5, 5.41) is 1.31. The van der Waals surface area contributed by atoms with Gasteiger partial charge in [0.05, 0.1) is 5.52 Å². The molecule has 0 spiro atoms. The number of para-hydroxylation sites is 1. The number of benzene rings is 7. The summed E-state index contributed by atoms with van der Waals surface area (Å²) in [6.45, 7) is 17.7. The van der Waals surface area contributed by atoms with Crippen molar-refractivity contribution in [1.29, 1.82) is 0 Å². The van der Waals surface area contributed by atoms with Gasteiger partial charge in [-0.05, 0) is 136 Å². The number of halogens is 1. The van der Waals surface area contributed by atoms with E-state index in [2.05, 4.69) is 231 Å². The van der Waals surface area contributed by atoms with Crippen molar-refractivity contribution >= 4 is 50.0 Å². The summed E-state index contributed by atoms with van der Waals surface area (Å²) in [4.78, 5) is 2.33. The number of aromatic nitrogens is 1. The molecule has 0 bridgehead atoms. The van der Waals surface area contributed by atoms with E-state index in [0.29, 0.717) is 0 Å². The molecule has 280 valence electrons. The fraction of sp³-hybridized carbons (Fsp3) is 0.148. The van der Waals surface area contributed by atoms with E-state index < -0.39 is 0 Å². The van der Waals surface area contributed by atoms with Crippen molar-refractivity contribution in [2.24, 2.45) is 0 Å². The molecule has 0 aliphatic heterocycles. The molecule has 2 nitrogen and oxygen atoms in total. The maximum absolute atomic E-state index is 3.95. The Hall–Kier alpha value is -5.90. The van der Waals surface area contributed by atoms with Crippen LogP contribution >= 0.6 is 15.9 Å². The molecule has 10 rings (SSSR count). The first-order valence-electron chi connectivity index (χ1n) is 19.8. The van der Waals surface area contributed by atoms with Crippen molar-refractivity contribution in [2.75, 3.05) is 4.90 Å². The predicted molar refractivity (Wildman–Crippen MR) is 247 cm³/mol. The Morgan fingerprint density at radius 1 is 0.526 bits per heavy atom. The smallest absolute Gasteiger partial charge is 0.0540 e. The fourth-order valence-corrected chi connectivity index (χ4v) is 9.60. The van der Waals surface area contributed by atoms with E-state index in [1.807, 2.05) is 6.08 Å². The number of hydrogen-bond donors (Lipinski definition) is 0. The molecule has 57 heavy (non-hydrogen) atoms. The Morgan fingerprint density at radius 2 is 1.05 bits per heavy atom. The SMILES string of the molecule is C=Cc1ccc2c(C)c(C)n(-c3ccc4c(c3)C(C)(C)c3ccccc3-4)c2c1.CC1(C)c2ccccc2-c2ccc(N(c3ccccc3)c3ccc(Br)cc3)cc21. The molecule has 0 unspecified atom stereocenters. The average Bonchev–Trinajstić information content (AvgIpc) is 3.73. The van der Waals surface area contributed by atoms with Crippen molar-refractivity contribution < 1.29 is 0 Å². The summed E-state index contributed by atoms with van der Waals surface area (Å²) in [7, 11) is 0. The van der Waals surface area contributed by atoms with Gasteiger partial charge in [-0.15, -0.1) is 0 Å². The van der Waals surface area contributed by atoms with E-state index in [1.54, 1.807) is 0 Å². The van der Waals surface area contributed by atoms with Gasteiger partial charge >= 0.3 is 0 Å². The van der Waals surface area contributed by atoms with Crippen molar-refractivity contribution in [2.45, 2.75) is 52.4 Å². The molecule has 0 radical (unpaired) electrons. The van der Waals surface area contributed by atoms with E-state index >= 15 is 0 Å². The highest BCUT2D eigenvalue weighted by Gasteiger charge is 2.37. The third-order valence-corrected chi connectivity index (χ3v) is 13.1. The zero-order valence-corrected chi connectivity index (χ0v) is 35.2. The first-order chi connectivity index (χ1) is 27.5. The first-order valence-corrected chi connectivity index (χ1v) is 20.6. The number of anilines is 3. The lowest BCUT2D eigenvalue weighted by Gasteiger charge is -2.28. The van der Waals surface area contributed by atoms with Gasteiger partial charge in [0, 0.05) is 49.1 Å². The van der Waals surface area contributed by atoms with Crippen molar-refractivity contribution in [3.05, 3.63) is 208 Å². The highest BCUT2D eigenvalue weighted by Crippen LogP contribution is 2.51. The molecular formula is C54H47BrN2. The summed E-state index contributed by atoms with van der Waals surface area (Å²) < 4.78 is 3.48. The molecule has 2 aliphatic rings. The highest BCUT2D eigenvalue weighted by atomic mass is 79.9. The molecule has 0 saturated carbocycles. The topological polar surface area (TPSA) is 8.17 Å². The molecule has 0 N–H and O–H groups in total. The maximum Gasteiger partial charge on any atom is 0.0540 e. The molecule has 0 atom stereocenters. The van der Waals surface area contributed by atoms with Crippen molar-refractivity contribution in [1.82, 2.24) is 4.57 Å². The maximum atomic E-state index is 3.95. The second kappa shape index (κ2) is 13.9. The predicted octanol–water partition coefficient (Wildman–Crippen LogP) is 15.4. The zero-order chi connectivity index (χ0) is 39.6. The van der Waals surface area contributed by atoms with Crippen LogP contribution in [0.4, 0.5) is 17.1 Å². The summed E-state index contributed by atoms with van der Waals surface area (Å²) >= 11 is 3.56. The van der Waals surface area contributed by atoms with Crippen LogP contribution in [-0.2, 0) is 10.8 Å². The van der Waals surface area contributed by atoms with Crippen LogP contribution < -0.4 is 4.90 Å². The lowest BCUT2D eigenvalue weighted by molar-refractivity contribution is 0.659. The minimum absolute atomic E-state index is 0.00991. The van der Waals surface area contributed by atoms with Gasteiger partial charge in [0.25, 0.3) is 0 Å². The summed E-state index contributed by atoms with van der Waals surface area (Å²) in [5.74, 6) is 0. The highest BCUT2D eigenvalue weighted by molar-refractivity contribution is 9.10. The van der Waals surface area contributed by atoms with Crippen LogP contribution in [0.1, 0.15) is 66.8 Å². The average molecular weight is 804 g/mol. The molecule has 7 aromatic carbocycles. The van der Waals surface area contributed by atoms with Gasteiger partial charge < -0.3 is 9.47 Å². The summed E-state index contributed by atoms with van der Waals surface area (Å²) in [5.41, 5.74) is 20.8. The van der Waals surface area contributed by atoms with Gasteiger partial charge in [-0.1, -0.05) is 147 Å². The summed E-state index contributed by atoms with van der Waals surface area (Å²) in [6, 6.07) is 57.1. The number of rotatable bonds is 5. The second-order valence-corrected chi connectivity index (χ2v) is 17.4. The van der Waals surface area contributed by atoms with Crippen molar-refractivity contribution in [3.8, 4) is 27.9 Å². The first kappa shape index (κ1) is 36.7. The van der Waals surface area contributed by atoms with Crippen LogP contribution in [-0.4, -0.2) is 4.57 Å². The number of hydrogen-bond acceptors (Lipinski definition) is 1. The quantitative estimate of drug-likeness (QED) is 0.168. The van der Waals surface area contributed by atoms with E-state index in [1.165, 1.54) is 78.0 Å². The lowest BCUT2D eigenvalue weighted by Crippen LogP contribution is -2.16. The van der Waals surface area contributed by atoms with Gasteiger partial charge in [0.1, 0.15) is 0 Å². The zero-order valence-electron chi connectivity index (χ0n) is 33.6. The van der Waals surface area contributed by atoms with Gasteiger partial charge in [-0.25, -0.2) is 0 Å². The number of fused-ring (bicyclic) bond motifs is 7. The molecule has 2 aliphatic carbocycles. The monoisotopic (exact) mass is 802 g/mol. The molecule has 0 saturated heterocycles. The molecule has 0 fully saturated rings. The molecular weight excluding hydrogens is 757 g/mol. The van der Waals surface area contributed by atoms with Gasteiger partial charge in [0.2, 0.25) is 0 Å². The third kappa shape index (κ3) is 5.99. The van der Waals surface area contributed by atoms with Gasteiger partial charge in [-0.3, -0.25) is 0 Å². The van der Waals surface area contributed by atoms with Gasteiger partial charge in [0.15, 0.2) is 0 Å². The number of aryl methyl sites for hydroxylation is 1.